The Bertz CT molecular complexity index is 1060. The van der Waals surface area contributed by atoms with Crippen LogP contribution in [0.1, 0.15) is 25.6 Å². The Morgan fingerprint density at radius 2 is 1.89 bits per heavy atom. The highest BCUT2D eigenvalue weighted by Crippen LogP contribution is 2.41. The molecule has 0 spiro atoms. The number of amides is 1. The summed E-state index contributed by atoms with van der Waals surface area (Å²) in [5.41, 5.74) is 3.09. The van der Waals surface area contributed by atoms with E-state index in [9.17, 15) is 19.7 Å². The molecule has 27 heavy (non-hydrogen) atoms. The Labute approximate surface area is 158 Å². The molecule has 0 atom stereocenters. The van der Waals surface area contributed by atoms with Crippen molar-refractivity contribution in [2.45, 2.75) is 6.42 Å². The molecular weight excluding hydrogens is 364 g/mol. The molecular formula is C20H14N2O4S. The predicted octanol–water partition coefficient (Wildman–Crippen LogP) is 4.34. The van der Waals surface area contributed by atoms with Crippen LogP contribution in [0.4, 0.5) is 11.4 Å². The fraction of sp³-hybridized carbons (Fsp3) is 0.100. The number of carbonyl (C=O) groups is 2. The molecule has 1 amide bonds. The van der Waals surface area contributed by atoms with Crippen LogP contribution in [0.15, 0.2) is 54.6 Å². The van der Waals surface area contributed by atoms with Crippen molar-refractivity contribution in [3.63, 3.8) is 0 Å². The Kier molecular flexibility index (Phi) is 4.29. The molecule has 0 N–H and O–H groups in total. The number of hydrogen-bond donors (Lipinski definition) is 0. The van der Waals surface area contributed by atoms with Gasteiger partial charge in [-0.25, -0.2) is 0 Å². The van der Waals surface area contributed by atoms with Crippen molar-refractivity contribution in [2.24, 2.45) is 0 Å². The zero-order valence-electron chi connectivity index (χ0n) is 14.1. The number of aldehydes is 1. The third-order valence-electron chi connectivity index (χ3n) is 4.56. The topological polar surface area (TPSA) is 80.5 Å². The van der Waals surface area contributed by atoms with Gasteiger partial charge in [-0.2, -0.15) is 0 Å². The highest BCUT2D eigenvalue weighted by molar-refractivity contribution is 7.17. The normalized spacial score (nSPS) is 12.7. The van der Waals surface area contributed by atoms with Crippen LogP contribution in [0.25, 0.3) is 10.4 Å². The number of nitro groups is 1. The van der Waals surface area contributed by atoms with Gasteiger partial charge < -0.3 is 4.90 Å². The van der Waals surface area contributed by atoms with Crippen molar-refractivity contribution < 1.29 is 14.5 Å². The molecule has 1 aliphatic heterocycles. The van der Waals surface area contributed by atoms with E-state index in [1.54, 1.807) is 4.90 Å². The summed E-state index contributed by atoms with van der Waals surface area (Å²) in [4.78, 5) is 38.0. The zero-order valence-corrected chi connectivity index (χ0v) is 14.9. The van der Waals surface area contributed by atoms with Crippen LogP contribution in [0.2, 0.25) is 0 Å². The van der Waals surface area contributed by atoms with E-state index >= 15 is 0 Å². The van der Waals surface area contributed by atoms with Gasteiger partial charge >= 0.3 is 0 Å². The molecule has 1 aliphatic rings. The standard InChI is InChI=1S/C20H14N2O4S/c23-12-16-11-14-9-10-21(18-4-2-1-3-17(18)19(14)27-16)20(24)13-5-7-15(8-6-13)22(25)26/h1-8,11-12H,9-10H2. The number of nitrogens with zero attached hydrogens (tertiary/aromatic N) is 2. The summed E-state index contributed by atoms with van der Waals surface area (Å²) in [5, 5.41) is 10.8. The fourth-order valence-electron chi connectivity index (χ4n) is 3.27. The minimum absolute atomic E-state index is 0.0496. The van der Waals surface area contributed by atoms with Crippen LogP contribution >= 0.6 is 11.3 Å². The van der Waals surface area contributed by atoms with Crippen molar-refractivity contribution in [1.82, 2.24) is 0 Å². The van der Waals surface area contributed by atoms with Crippen LogP contribution in [0, 0.1) is 10.1 Å². The number of nitro benzene ring substituents is 1. The first-order valence-corrected chi connectivity index (χ1v) is 9.14. The highest BCUT2D eigenvalue weighted by Gasteiger charge is 2.26. The number of rotatable bonds is 3. The summed E-state index contributed by atoms with van der Waals surface area (Å²) in [7, 11) is 0. The second-order valence-corrected chi connectivity index (χ2v) is 7.23. The summed E-state index contributed by atoms with van der Waals surface area (Å²) < 4.78 is 0. The van der Waals surface area contributed by atoms with Crippen molar-refractivity contribution in [3.8, 4) is 10.4 Å². The van der Waals surface area contributed by atoms with Crippen LogP contribution in [0.5, 0.6) is 0 Å². The van der Waals surface area contributed by atoms with Gasteiger partial charge in [0.1, 0.15) is 0 Å². The lowest BCUT2D eigenvalue weighted by molar-refractivity contribution is -0.384. The Morgan fingerprint density at radius 1 is 1.15 bits per heavy atom. The molecule has 2 aromatic carbocycles. The number of carbonyl (C=O) groups excluding carboxylic acids is 2. The summed E-state index contributed by atoms with van der Waals surface area (Å²) >= 11 is 1.43. The molecule has 0 saturated heterocycles. The summed E-state index contributed by atoms with van der Waals surface area (Å²) in [5.74, 6) is -0.205. The van der Waals surface area contributed by atoms with Gasteiger partial charge in [0.25, 0.3) is 11.6 Å². The number of hydrogen-bond acceptors (Lipinski definition) is 5. The Morgan fingerprint density at radius 3 is 2.59 bits per heavy atom. The van der Waals surface area contributed by atoms with E-state index in [1.165, 1.54) is 35.6 Å². The molecule has 6 nitrogen and oxygen atoms in total. The van der Waals surface area contributed by atoms with E-state index in [0.717, 1.165) is 28.0 Å². The van der Waals surface area contributed by atoms with E-state index < -0.39 is 4.92 Å². The fourth-order valence-corrected chi connectivity index (χ4v) is 4.33. The third-order valence-corrected chi connectivity index (χ3v) is 5.69. The number of para-hydroxylation sites is 1. The monoisotopic (exact) mass is 378 g/mol. The first-order valence-electron chi connectivity index (χ1n) is 8.32. The Hall–Kier alpha value is -3.32. The minimum atomic E-state index is -0.488. The van der Waals surface area contributed by atoms with Crippen LogP contribution < -0.4 is 4.90 Å². The Balaban J connectivity index is 1.75. The molecule has 134 valence electrons. The lowest BCUT2D eigenvalue weighted by Gasteiger charge is -2.23. The molecule has 1 aromatic heterocycles. The second-order valence-electron chi connectivity index (χ2n) is 6.15. The minimum Gasteiger partial charge on any atom is -0.307 e. The molecule has 0 radical (unpaired) electrons. The highest BCUT2D eigenvalue weighted by atomic mass is 32.1. The molecule has 7 heteroatoms. The van der Waals surface area contributed by atoms with Crippen molar-refractivity contribution in [2.75, 3.05) is 11.4 Å². The zero-order chi connectivity index (χ0) is 19.0. The molecule has 0 saturated carbocycles. The predicted molar refractivity (Wildman–Crippen MR) is 104 cm³/mol. The third kappa shape index (κ3) is 3.02. The molecule has 4 rings (SSSR count). The smallest absolute Gasteiger partial charge is 0.269 e. The van der Waals surface area contributed by atoms with E-state index in [-0.39, 0.29) is 11.6 Å². The average molecular weight is 378 g/mol. The largest absolute Gasteiger partial charge is 0.307 e. The van der Waals surface area contributed by atoms with Crippen molar-refractivity contribution >= 4 is 34.9 Å². The van der Waals surface area contributed by atoms with Crippen molar-refractivity contribution in [3.05, 3.63) is 80.7 Å². The molecule has 0 bridgehead atoms. The summed E-state index contributed by atoms with van der Waals surface area (Å²) in [6.07, 6.45) is 1.48. The first kappa shape index (κ1) is 17.1. The van der Waals surface area contributed by atoms with Gasteiger partial charge in [0.15, 0.2) is 6.29 Å². The van der Waals surface area contributed by atoms with Gasteiger partial charge in [-0.15, -0.1) is 11.3 Å². The van der Waals surface area contributed by atoms with Crippen molar-refractivity contribution in [1.29, 1.82) is 0 Å². The number of anilines is 1. The summed E-state index contributed by atoms with van der Waals surface area (Å²) in [6.45, 7) is 0.467. The number of non-ortho nitro benzene ring substituents is 1. The van der Waals surface area contributed by atoms with Crippen LogP contribution in [-0.2, 0) is 6.42 Å². The lowest BCUT2D eigenvalue weighted by Crippen LogP contribution is -2.32. The van der Waals surface area contributed by atoms with Gasteiger partial charge in [0, 0.05) is 34.7 Å². The number of fused-ring (bicyclic) bond motifs is 3. The second kappa shape index (κ2) is 6.77. The first-order chi connectivity index (χ1) is 13.1. The van der Waals surface area contributed by atoms with Gasteiger partial charge in [-0.05, 0) is 36.2 Å². The average Bonchev–Trinajstić information content (AvgIpc) is 3.05. The van der Waals surface area contributed by atoms with Gasteiger partial charge in [-0.3, -0.25) is 19.7 Å². The number of thiophene rings is 1. The molecule has 2 heterocycles. The van der Waals surface area contributed by atoms with Gasteiger partial charge in [-0.1, -0.05) is 18.2 Å². The van der Waals surface area contributed by atoms with E-state index in [0.29, 0.717) is 23.4 Å². The van der Waals surface area contributed by atoms with Gasteiger partial charge in [0.2, 0.25) is 0 Å². The lowest BCUT2D eigenvalue weighted by atomic mass is 10.1. The maximum Gasteiger partial charge on any atom is 0.269 e. The maximum absolute atomic E-state index is 13.1. The quantitative estimate of drug-likeness (QED) is 0.386. The summed E-state index contributed by atoms with van der Waals surface area (Å²) in [6, 6.07) is 15.1. The van der Waals surface area contributed by atoms with Crippen LogP contribution in [-0.4, -0.2) is 23.7 Å². The van der Waals surface area contributed by atoms with Crippen LogP contribution in [0.3, 0.4) is 0 Å². The van der Waals surface area contributed by atoms with E-state index in [2.05, 4.69) is 0 Å². The van der Waals surface area contributed by atoms with E-state index in [1.807, 2.05) is 30.3 Å². The molecule has 0 fully saturated rings. The maximum atomic E-state index is 13.1. The number of benzene rings is 2. The SMILES string of the molecule is O=Cc1cc2c(s1)-c1ccccc1N(C(=O)c1ccc([N+](=O)[O-])cc1)CC2. The van der Waals surface area contributed by atoms with E-state index in [4.69, 9.17) is 0 Å². The van der Waals surface area contributed by atoms with Gasteiger partial charge in [0.05, 0.1) is 15.5 Å². The molecule has 0 unspecified atom stereocenters. The molecule has 0 aliphatic carbocycles. The molecule has 3 aromatic rings.